The Hall–Kier alpha value is -1.37. The maximum atomic E-state index is 13.0. The Morgan fingerprint density at radius 2 is 1.75 bits per heavy atom. The van der Waals surface area contributed by atoms with E-state index in [2.05, 4.69) is 10.6 Å². The van der Waals surface area contributed by atoms with Crippen LogP contribution in [0.1, 0.15) is 0 Å². The summed E-state index contributed by atoms with van der Waals surface area (Å²) in [5.74, 6) is -2.13. The molecule has 108 valence electrons. The molecular formula is C12H12Cl2FN3O2. The van der Waals surface area contributed by atoms with Crippen molar-refractivity contribution in [1.29, 1.82) is 0 Å². The third kappa shape index (κ3) is 3.39. The number of carbonyl (C=O) groups is 2. The molecule has 8 heteroatoms. The molecule has 0 spiro atoms. The first-order chi connectivity index (χ1) is 9.49. The van der Waals surface area contributed by atoms with Gasteiger partial charge in [-0.15, -0.1) is 0 Å². The average molecular weight is 320 g/mol. The number of halogens is 3. The maximum Gasteiger partial charge on any atom is 0.313 e. The first kappa shape index (κ1) is 15.0. The van der Waals surface area contributed by atoms with Gasteiger partial charge in [-0.1, -0.05) is 23.2 Å². The number of nitrogens with zero attached hydrogens (tertiary/aromatic N) is 1. The van der Waals surface area contributed by atoms with Gasteiger partial charge in [0, 0.05) is 26.2 Å². The van der Waals surface area contributed by atoms with Crippen molar-refractivity contribution in [1.82, 2.24) is 10.2 Å². The molecule has 1 aromatic carbocycles. The number of amides is 2. The first-order valence-electron chi connectivity index (χ1n) is 5.94. The van der Waals surface area contributed by atoms with Crippen molar-refractivity contribution in [3.63, 3.8) is 0 Å². The zero-order chi connectivity index (χ0) is 14.7. The van der Waals surface area contributed by atoms with E-state index in [0.29, 0.717) is 26.2 Å². The van der Waals surface area contributed by atoms with Crippen LogP contribution in [-0.4, -0.2) is 42.9 Å². The summed E-state index contributed by atoms with van der Waals surface area (Å²) >= 11 is 11.6. The predicted octanol–water partition coefficient (Wildman–Crippen LogP) is 1.50. The van der Waals surface area contributed by atoms with Gasteiger partial charge in [-0.3, -0.25) is 9.59 Å². The number of piperazine rings is 1. The van der Waals surface area contributed by atoms with Crippen molar-refractivity contribution in [2.45, 2.75) is 0 Å². The number of hydrogen-bond acceptors (Lipinski definition) is 3. The molecule has 0 unspecified atom stereocenters. The molecule has 0 atom stereocenters. The second-order valence-corrected chi connectivity index (χ2v) is 5.06. The molecule has 0 aromatic heterocycles. The highest BCUT2D eigenvalue weighted by atomic mass is 35.5. The predicted molar refractivity (Wildman–Crippen MR) is 74.5 cm³/mol. The maximum absolute atomic E-state index is 13.0. The summed E-state index contributed by atoms with van der Waals surface area (Å²) in [5.41, 5.74) is 0.0308. The summed E-state index contributed by atoms with van der Waals surface area (Å²) in [4.78, 5) is 25.2. The van der Waals surface area contributed by atoms with Gasteiger partial charge in [-0.2, -0.15) is 0 Å². The van der Waals surface area contributed by atoms with Gasteiger partial charge in [0.2, 0.25) is 0 Å². The summed E-state index contributed by atoms with van der Waals surface area (Å²) in [5, 5.41) is 5.28. The second kappa shape index (κ2) is 6.39. The lowest BCUT2D eigenvalue weighted by Crippen LogP contribution is -2.49. The lowest BCUT2D eigenvalue weighted by atomic mass is 10.3. The number of benzene rings is 1. The molecule has 2 rings (SSSR count). The van der Waals surface area contributed by atoms with Crippen LogP contribution in [0.5, 0.6) is 0 Å². The number of nitrogens with one attached hydrogen (secondary N) is 2. The Bertz CT molecular complexity index is 524. The van der Waals surface area contributed by atoms with E-state index in [-0.39, 0.29) is 15.7 Å². The van der Waals surface area contributed by atoms with Crippen LogP contribution in [0.3, 0.4) is 0 Å². The molecular weight excluding hydrogens is 308 g/mol. The molecule has 2 amide bonds. The van der Waals surface area contributed by atoms with Gasteiger partial charge in [-0.05, 0) is 12.1 Å². The molecule has 1 aliphatic heterocycles. The monoisotopic (exact) mass is 319 g/mol. The van der Waals surface area contributed by atoms with Crippen molar-refractivity contribution < 1.29 is 14.0 Å². The van der Waals surface area contributed by atoms with Gasteiger partial charge in [0.25, 0.3) is 0 Å². The van der Waals surface area contributed by atoms with Gasteiger partial charge in [0.15, 0.2) is 0 Å². The SMILES string of the molecule is O=C(Nc1c(Cl)cc(F)cc1Cl)C(=O)N1CCNCC1. The topological polar surface area (TPSA) is 61.4 Å². The van der Waals surface area contributed by atoms with Gasteiger partial charge in [0.1, 0.15) is 5.82 Å². The van der Waals surface area contributed by atoms with E-state index in [0.717, 1.165) is 12.1 Å². The largest absolute Gasteiger partial charge is 0.332 e. The summed E-state index contributed by atoms with van der Waals surface area (Å²) in [6.45, 7) is 2.18. The van der Waals surface area contributed by atoms with Gasteiger partial charge in [-0.25, -0.2) is 4.39 Å². The minimum Gasteiger partial charge on any atom is -0.332 e. The number of hydrogen-bond donors (Lipinski definition) is 2. The van der Waals surface area contributed by atoms with E-state index in [1.807, 2.05) is 0 Å². The third-order valence-corrected chi connectivity index (χ3v) is 3.44. The summed E-state index contributed by atoms with van der Waals surface area (Å²) < 4.78 is 13.0. The van der Waals surface area contributed by atoms with Crippen LogP contribution < -0.4 is 10.6 Å². The van der Waals surface area contributed by atoms with Crippen LogP contribution in [0.2, 0.25) is 10.0 Å². The van der Waals surface area contributed by atoms with E-state index in [4.69, 9.17) is 23.2 Å². The summed E-state index contributed by atoms with van der Waals surface area (Å²) in [6, 6.07) is 2.02. The average Bonchev–Trinajstić information content (AvgIpc) is 2.42. The molecule has 1 aromatic rings. The van der Waals surface area contributed by atoms with E-state index in [1.54, 1.807) is 0 Å². The molecule has 0 radical (unpaired) electrons. The highest BCUT2D eigenvalue weighted by molar-refractivity contribution is 6.44. The van der Waals surface area contributed by atoms with Crippen molar-refractivity contribution in [3.8, 4) is 0 Å². The Labute approximate surface area is 125 Å². The molecule has 1 saturated heterocycles. The quantitative estimate of drug-likeness (QED) is 0.771. The van der Waals surface area contributed by atoms with Crippen molar-refractivity contribution in [2.75, 3.05) is 31.5 Å². The van der Waals surface area contributed by atoms with Crippen LogP contribution in [-0.2, 0) is 9.59 Å². The number of carbonyl (C=O) groups excluding carboxylic acids is 2. The lowest BCUT2D eigenvalue weighted by molar-refractivity contribution is -0.143. The van der Waals surface area contributed by atoms with Crippen LogP contribution >= 0.6 is 23.2 Å². The Morgan fingerprint density at radius 1 is 1.20 bits per heavy atom. The molecule has 1 fully saturated rings. The summed E-state index contributed by atoms with van der Waals surface area (Å²) in [7, 11) is 0. The molecule has 0 aliphatic carbocycles. The standard InChI is InChI=1S/C12H12Cl2FN3O2/c13-8-5-7(15)6-9(14)10(8)17-11(19)12(20)18-3-1-16-2-4-18/h5-6,16H,1-4H2,(H,17,19). The van der Waals surface area contributed by atoms with Gasteiger partial charge >= 0.3 is 11.8 Å². The smallest absolute Gasteiger partial charge is 0.313 e. The zero-order valence-corrected chi connectivity index (χ0v) is 11.9. The molecule has 0 saturated carbocycles. The Kier molecular flexibility index (Phi) is 4.80. The van der Waals surface area contributed by atoms with Crippen LogP contribution in [0.25, 0.3) is 0 Å². The third-order valence-electron chi connectivity index (χ3n) is 2.84. The molecule has 1 heterocycles. The second-order valence-electron chi connectivity index (χ2n) is 4.24. The molecule has 0 bridgehead atoms. The first-order valence-corrected chi connectivity index (χ1v) is 6.70. The number of anilines is 1. The molecule has 1 aliphatic rings. The molecule has 20 heavy (non-hydrogen) atoms. The number of rotatable bonds is 1. The normalized spacial score (nSPS) is 15.1. The van der Waals surface area contributed by atoms with Gasteiger partial charge in [0.05, 0.1) is 15.7 Å². The fourth-order valence-corrected chi connectivity index (χ4v) is 2.40. The van der Waals surface area contributed by atoms with Crippen LogP contribution in [0.15, 0.2) is 12.1 Å². The highest BCUT2D eigenvalue weighted by Gasteiger charge is 2.24. The molecule has 5 nitrogen and oxygen atoms in total. The van der Waals surface area contributed by atoms with Crippen LogP contribution in [0, 0.1) is 5.82 Å². The van der Waals surface area contributed by atoms with E-state index in [1.165, 1.54) is 4.90 Å². The molecule has 2 N–H and O–H groups in total. The van der Waals surface area contributed by atoms with Crippen molar-refractivity contribution >= 4 is 40.7 Å². The van der Waals surface area contributed by atoms with E-state index in [9.17, 15) is 14.0 Å². The summed E-state index contributed by atoms with van der Waals surface area (Å²) in [6.07, 6.45) is 0. The lowest BCUT2D eigenvalue weighted by Gasteiger charge is -2.26. The zero-order valence-electron chi connectivity index (χ0n) is 10.4. The Balaban J connectivity index is 2.09. The van der Waals surface area contributed by atoms with E-state index >= 15 is 0 Å². The van der Waals surface area contributed by atoms with Crippen molar-refractivity contribution in [3.05, 3.63) is 28.0 Å². The van der Waals surface area contributed by atoms with Gasteiger partial charge < -0.3 is 15.5 Å². The van der Waals surface area contributed by atoms with Crippen molar-refractivity contribution in [2.24, 2.45) is 0 Å². The van der Waals surface area contributed by atoms with E-state index < -0.39 is 17.6 Å². The minimum absolute atomic E-state index is 0.0308. The Morgan fingerprint density at radius 3 is 2.30 bits per heavy atom. The fraction of sp³-hybridized carbons (Fsp3) is 0.333. The highest BCUT2D eigenvalue weighted by Crippen LogP contribution is 2.31. The van der Waals surface area contributed by atoms with Crippen LogP contribution in [0.4, 0.5) is 10.1 Å². The fourth-order valence-electron chi connectivity index (χ4n) is 1.84. The minimum atomic E-state index is -0.845.